The fourth-order valence-electron chi connectivity index (χ4n) is 5.44. The van der Waals surface area contributed by atoms with Crippen LogP contribution in [0, 0.1) is 0 Å². The van der Waals surface area contributed by atoms with Crippen LogP contribution in [0.15, 0.2) is 128 Å². The Morgan fingerprint density at radius 2 is 1.23 bits per heavy atom. The zero-order valence-electron chi connectivity index (χ0n) is 21.4. The van der Waals surface area contributed by atoms with Gasteiger partial charge in [0.25, 0.3) is 0 Å². The standard InChI is InChI=1S/C35H21N5/c1-2-9-28-25(8-1)33(26-17-15-23-7-6-20-37-34(23)35(26)40-28)31-12-5-11-27(38-31)24-14-13-22-16-18-30(39-32(22)21-24)29-10-3-4-19-36-29/h1-21H. The van der Waals surface area contributed by atoms with Crippen LogP contribution in [0.3, 0.4) is 0 Å². The van der Waals surface area contributed by atoms with Crippen molar-refractivity contribution in [3.63, 3.8) is 0 Å². The van der Waals surface area contributed by atoms with E-state index >= 15 is 0 Å². The number of aromatic nitrogens is 5. The number of para-hydroxylation sites is 1. The molecule has 0 aliphatic rings. The first-order valence-corrected chi connectivity index (χ1v) is 13.2. The van der Waals surface area contributed by atoms with Crippen molar-refractivity contribution >= 4 is 43.6 Å². The topological polar surface area (TPSA) is 64.5 Å². The number of hydrogen-bond acceptors (Lipinski definition) is 5. The van der Waals surface area contributed by atoms with E-state index in [-0.39, 0.29) is 0 Å². The lowest BCUT2D eigenvalue weighted by atomic mass is 9.97. The minimum atomic E-state index is 0.850. The summed E-state index contributed by atoms with van der Waals surface area (Å²) in [5.74, 6) is 0. The number of fused-ring (bicyclic) bond motifs is 5. The van der Waals surface area contributed by atoms with Gasteiger partial charge in [-0.05, 0) is 48.5 Å². The lowest BCUT2D eigenvalue weighted by molar-refractivity contribution is 1.27. The van der Waals surface area contributed by atoms with Crippen LogP contribution in [0.1, 0.15) is 0 Å². The minimum Gasteiger partial charge on any atom is -0.255 e. The third-order valence-corrected chi connectivity index (χ3v) is 7.34. The van der Waals surface area contributed by atoms with Gasteiger partial charge in [-0.1, -0.05) is 66.7 Å². The molecule has 0 unspecified atom stereocenters. The molecule has 5 heteroatoms. The Hall–Kier alpha value is -5.55. The Morgan fingerprint density at radius 3 is 2.17 bits per heavy atom. The predicted octanol–water partition coefficient (Wildman–Crippen LogP) is 8.28. The number of nitrogens with zero attached hydrogens (tertiary/aromatic N) is 5. The van der Waals surface area contributed by atoms with E-state index in [9.17, 15) is 0 Å². The number of hydrogen-bond donors (Lipinski definition) is 0. The number of rotatable bonds is 3. The fourth-order valence-corrected chi connectivity index (χ4v) is 5.44. The molecule has 0 aliphatic heterocycles. The molecule has 186 valence electrons. The minimum absolute atomic E-state index is 0.850. The zero-order chi connectivity index (χ0) is 26.5. The van der Waals surface area contributed by atoms with Crippen molar-refractivity contribution in [3.05, 3.63) is 128 Å². The molecule has 5 nitrogen and oxygen atoms in total. The molecule has 0 amide bonds. The molecule has 0 N–H and O–H groups in total. The van der Waals surface area contributed by atoms with Gasteiger partial charge in [-0.25, -0.2) is 15.0 Å². The average Bonchev–Trinajstić information content (AvgIpc) is 3.03. The summed E-state index contributed by atoms with van der Waals surface area (Å²) in [5, 5.41) is 4.24. The molecular formula is C35H21N5. The molecule has 5 aromatic heterocycles. The van der Waals surface area contributed by atoms with E-state index in [4.69, 9.17) is 15.0 Å². The van der Waals surface area contributed by atoms with Crippen molar-refractivity contribution in [2.75, 3.05) is 0 Å². The Kier molecular flexibility index (Phi) is 5.07. The van der Waals surface area contributed by atoms with E-state index in [1.54, 1.807) is 6.20 Å². The highest BCUT2D eigenvalue weighted by molar-refractivity contribution is 6.15. The first-order valence-electron chi connectivity index (χ1n) is 13.2. The van der Waals surface area contributed by atoms with Crippen LogP contribution in [-0.4, -0.2) is 24.9 Å². The van der Waals surface area contributed by atoms with Gasteiger partial charge in [-0.15, -0.1) is 0 Å². The van der Waals surface area contributed by atoms with Gasteiger partial charge in [-0.3, -0.25) is 9.97 Å². The largest absolute Gasteiger partial charge is 0.255 e. The third-order valence-electron chi connectivity index (χ3n) is 7.34. The first-order chi connectivity index (χ1) is 19.8. The lowest BCUT2D eigenvalue weighted by Crippen LogP contribution is -1.94. The van der Waals surface area contributed by atoms with Crippen molar-refractivity contribution in [2.45, 2.75) is 0 Å². The van der Waals surface area contributed by atoms with Crippen LogP contribution in [0.5, 0.6) is 0 Å². The molecule has 3 aromatic carbocycles. The third kappa shape index (κ3) is 3.68. The van der Waals surface area contributed by atoms with E-state index in [0.29, 0.717) is 0 Å². The van der Waals surface area contributed by atoms with Gasteiger partial charge in [0.1, 0.15) is 0 Å². The molecule has 5 heterocycles. The Bertz CT molecular complexity index is 2220. The van der Waals surface area contributed by atoms with E-state index in [1.165, 1.54) is 0 Å². The van der Waals surface area contributed by atoms with Crippen molar-refractivity contribution in [1.82, 2.24) is 24.9 Å². The fraction of sp³-hybridized carbons (Fsp3) is 0. The maximum absolute atomic E-state index is 5.19. The summed E-state index contributed by atoms with van der Waals surface area (Å²) < 4.78 is 0. The second-order valence-electron chi connectivity index (χ2n) is 9.77. The van der Waals surface area contributed by atoms with Crippen LogP contribution < -0.4 is 0 Å². The monoisotopic (exact) mass is 511 g/mol. The van der Waals surface area contributed by atoms with Gasteiger partial charge in [0.2, 0.25) is 0 Å². The maximum Gasteiger partial charge on any atom is 0.0979 e. The van der Waals surface area contributed by atoms with E-state index in [2.05, 4.69) is 88.8 Å². The smallest absolute Gasteiger partial charge is 0.0979 e. The van der Waals surface area contributed by atoms with Gasteiger partial charge in [-0.2, -0.15) is 0 Å². The zero-order valence-corrected chi connectivity index (χ0v) is 21.4. The Labute approximate surface area is 229 Å². The summed E-state index contributed by atoms with van der Waals surface area (Å²) in [6.07, 6.45) is 3.61. The molecule has 0 fully saturated rings. The average molecular weight is 512 g/mol. The molecule has 0 bridgehead atoms. The summed E-state index contributed by atoms with van der Waals surface area (Å²) >= 11 is 0. The first kappa shape index (κ1) is 22.4. The van der Waals surface area contributed by atoms with Crippen molar-refractivity contribution in [2.24, 2.45) is 0 Å². The van der Waals surface area contributed by atoms with Gasteiger partial charge in [0, 0.05) is 45.1 Å². The van der Waals surface area contributed by atoms with Crippen LogP contribution in [0.25, 0.3) is 77.5 Å². The van der Waals surface area contributed by atoms with Gasteiger partial charge >= 0.3 is 0 Å². The second-order valence-corrected chi connectivity index (χ2v) is 9.77. The van der Waals surface area contributed by atoms with Gasteiger partial charge in [0.05, 0.1) is 44.8 Å². The second kappa shape index (κ2) is 9.03. The molecule has 40 heavy (non-hydrogen) atoms. The van der Waals surface area contributed by atoms with Crippen molar-refractivity contribution < 1.29 is 0 Å². The summed E-state index contributed by atoms with van der Waals surface area (Å²) in [6, 6.07) is 39.0. The molecule has 0 spiro atoms. The van der Waals surface area contributed by atoms with Crippen LogP contribution in [0.4, 0.5) is 0 Å². The molecule has 0 radical (unpaired) electrons. The molecule has 0 aliphatic carbocycles. The predicted molar refractivity (Wildman–Crippen MR) is 162 cm³/mol. The highest BCUT2D eigenvalue weighted by Gasteiger charge is 2.15. The maximum atomic E-state index is 5.19. The van der Waals surface area contributed by atoms with E-state index in [1.807, 2.05) is 42.6 Å². The van der Waals surface area contributed by atoms with E-state index in [0.717, 1.165) is 77.5 Å². The number of pyridine rings is 5. The highest BCUT2D eigenvalue weighted by atomic mass is 14.8. The summed E-state index contributed by atoms with van der Waals surface area (Å²) in [4.78, 5) is 24.3. The van der Waals surface area contributed by atoms with E-state index < -0.39 is 0 Å². The summed E-state index contributed by atoms with van der Waals surface area (Å²) in [5.41, 5.74) is 9.17. The highest BCUT2D eigenvalue weighted by Crippen LogP contribution is 2.37. The lowest BCUT2D eigenvalue weighted by Gasteiger charge is -2.13. The quantitative estimate of drug-likeness (QED) is 0.176. The molecule has 0 saturated carbocycles. The normalized spacial score (nSPS) is 11.5. The molecule has 8 rings (SSSR count). The molecular weight excluding hydrogens is 490 g/mol. The molecule has 0 saturated heterocycles. The van der Waals surface area contributed by atoms with Crippen LogP contribution >= 0.6 is 0 Å². The van der Waals surface area contributed by atoms with Gasteiger partial charge < -0.3 is 0 Å². The molecule has 0 atom stereocenters. The molecule has 8 aromatic rings. The summed E-state index contributed by atoms with van der Waals surface area (Å²) in [6.45, 7) is 0. The Morgan fingerprint density at radius 1 is 0.400 bits per heavy atom. The van der Waals surface area contributed by atoms with Crippen molar-refractivity contribution in [1.29, 1.82) is 0 Å². The van der Waals surface area contributed by atoms with Crippen LogP contribution in [0.2, 0.25) is 0 Å². The number of benzene rings is 3. The SMILES string of the molecule is c1ccc(-c2ccc3ccc(-c4cccc(-c5c6ccccc6nc6c5ccc5cccnc56)n4)cc3n2)nc1. The van der Waals surface area contributed by atoms with Crippen molar-refractivity contribution in [3.8, 4) is 33.9 Å². The van der Waals surface area contributed by atoms with Crippen LogP contribution in [-0.2, 0) is 0 Å². The Balaban J connectivity index is 1.32. The summed E-state index contributed by atoms with van der Waals surface area (Å²) in [7, 11) is 0. The van der Waals surface area contributed by atoms with Gasteiger partial charge in [0.15, 0.2) is 0 Å².